The Labute approximate surface area is 186 Å². The van der Waals surface area contributed by atoms with Gasteiger partial charge in [0.2, 0.25) is 0 Å². The lowest BCUT2D eigenvalue weighted by atomic mass is 10.1. The third-order valence-electron chi connectivity index (χ3n) is 6.25. The normalized spacial score (nSPS) is 17.0. The van der Waals surface area contributed by atoms with E-state index in [4.69, 9.17) is 4.74 Å². The summed E-state index contributed by atoms with van der Waals surface area (Å²) in [5.74, 6) is 1.13. The minimum absolute atomic E-state index is 0.169. The van der Waals surface area contributed by atoms with Crippen LogP contribution in [-0.4, -0.2) is 43.1 Å². The van der Waals surface area contributed by atoms with Crippen LogP contribution in [0.4, 0.5) is 5.69 Å². The van der Waals surface area contributed by atoms with Crippen molar-refractivity contribution in [1.82, 2.24) is 10.2 Å². The standard InChI is InChI=1S/C26H35N3O2/c30-26(29-17-6-1-7-18-29)22-10-8-9-21(19-22)20-27-15-16-28-24-13-4-5-14-25(24)31-23-11-2-3-12-23/h4-5,8-10,13-14,19,23,27-28H,1-3,6-7,11-12,15-18,20H2. The van der Waals surface area contributed by atoms with Gasteiger partial charge in [-0.3, -0.25) is 4.79 Å². The molecule has 1 amide bonds. The van der Waals surface area contributed by atoms with Crippen LogP contribution in [0.3, 0.4) is 0 Å². The Morgan fingerprint density at radius 3 is 2.58 bits per heavy atom. The van der Waals surface area contributed by atoms with Crippen molar-refractivity contribution in [1.29, 1.82) is 0 Å². The van der Waals surface area contributed by atoms with Crippen molar-refractivity contribution in [2.24, 2.45) is 0 Å². The average molecular weight is 422 g/mol. The number of piperidine rings is 1. The first-order valence-corrected chi connectivity index (χ1v) is 11.9. The zero-order chi connectivity index (χ0) is 21.3. The summed E-state index contributed by atoms with van der Waals surface area (Å²) in [5.41, 5.74) is 3.01. The zero-order valence-electron chi connectivity index (χ0n) is 18.4. The van der Waals surface area contributed by atoms with E-state index in [0.717, 1.165) is 81.0 Å². The number of benzene rings is 2. The van der Waals surface area contributed by atoms with Gasteiger partial charge in [-0.25, -0.2) is 0 Å². The highest BCUT2D eigenvalue weighted by Crippen LogP contribution is 2.29. The molecule has 31 heavy (non-hydrogen) atoms. The molecule has 1 saturated heterocycles. The fraction of sp³-hybridized carbons (Fsp3) is 0.500. The topological polar surface area (TPSA) is 53.6 Å². The maximum atomic E-state index is 12.7. The van der Waals surface area contributed by atoms with Crippen LogP contribution in [-0.2, 0) is 6.54 Å². The number of hydrogen-bond acceptors (Lipinski definition) is 4. The molecule has 1 aliphatic heterocycles. The van der Waals surface area contributed by atoms with Crippen molar-refractivity contribution in [2.45, 2.75) is 57.6 Å². The van der Waals surface area contributed by atoms with Crippen molar-refractivity contribution >= 4 is 11.6 Å². The SMILES string of the molecule is O=C(c1cccc(CNCCNc2ccccc2OC2CCCC2)c1)N1CCCCC1. The van der Waals surface area contributed by atoms with Gasteiger partial charge in [-0.05, 0) is 74.8 Å². The van der Waals surface area contributed by atoms with Crippen molar-refractivity contribution in [2.75, 3.05) is 31.5 Å². The van der Waals surface area contributed by atoms with Gasteiger partial charge in [0.05, 0.1) is 11.8 Å². The molecule has 0 unspecified atom stereocenters. The molecule has 1 aliphatic carbocycles. The smallest absolute Gasteiger partial charge is 0.253 e. The highest BCUT2D eigenvalue weighted by Gasteiger charge is 2.19. The summed E-state index contributed by atoms with van der Waals surface area (Å²) in [6.45, 7) is 4.18. The number of anilines is 1. The van der Waals surface area contributed by atoms with E-state index >= 15 is 0 Å². The van der Waals surface area contributed by atoms with Crippen LogP contribution >= 0.6 is 0 Å². The average Bonchev–Trinajstić information content (AvgIpc) is 3.33. The number of rotatable bonds is 9. The first-order valence-electron chi connectivity index (χ1n) is 11.9. The van der Waals surface area contributed by atoms with Gasteiger partial charge < -0.3 is 20.3 Å². The summed E-state index contributed by atoms with van der Waals surface area (Å²) in [4.78, 5) is 14.7. The fourth-order valence-electron chi connectivity index (χ4n) is 4.51. The second kappa shape index (κ2) is 11.2. The lowest BCUT2D eigenvalue weighted by Crippen LogP contribution is -2.35. The number of carbonyl (C=O) groups is 1. The van der Waals surface area contributed by atoms with Crippen LogP contribution in [0.25, 0.3) is 0 Å². The highest BCUT2D eigenvalue weighted by atomic mass is 16.5. The summed E-state index contributed by atoms with van der Waals surface area (Å²) in [7, 11) is 0. The van der Waals surface area contributed by atoms with E-state index in [1.165, 1.54) is 19.3 Å². The lowest BCUT2D eigenvalue weighted by Gasteiger charge is -2.26. The van der Waals surface area contributed by atoms with Gasteiger partial charge in [-0.15, -0.1) is 0 Å². The number of hydrogen-bond donors (Lipinski definition) is 2. The number of para-hydroxylation sites is 2. The third-order valence-corrected chi connectivity index (χ3v) is 6.25. The molecular weight excluding hydrogens is 386 g/mol. The summed E-state index contributed by atoms with van der Waals surface area (Å²) >= 11 is 0. The maximum absolute atomic E-state index is 12.7. The Kier molecular flexibility index (Phi) is 7.83. The summed E-state index contributed by atoms with van der Waals surface area (Å²) in [6.07, 6.45) is 8.71. The second-order valence-corrected chi connectivity index (χ2v) is 8.68. The molecule has 2 aliphatic rings. The predicted octanol–water partition coefficient (Wildman–Crippen LogP) is 4.84. The van der Waals surface area contributed by atoms with Gasteiger partial charge in [-0.1, -0.05) is 24.3 Å². The minimum atomic E-state index is 0.169. The van der Waals surface area contributed by atoms with Gasteiger partial charge >= 0.3 is 0 Å². The first-order chi connectivity index (χ1) is 15.3. The molecule has 1 saturated carbocycles. The maximum Gasteiger partial charge on any atom is 0.253 e. The molecule has 1 heterocycles. The lowest BCUT2D eigenvalue weighted by molar-refractivity contribution is 0.0724. The van der Waals surface area contributed by atoms with Crippen LogP contribution in [0.1, 0.15) is 60.9 Å². The van der Waals surface area contributed by atoms with E-state index in [2.05, 4.69) is 28.8 Å². The number of amides is 1. The summed E-state index contributed by atoms with van der Waals surface area (Å²) < 4.78 is 6.20. The van der Waals surface area contributed by atoms with E-state index in [1.54, 1.807) is 0 Å². The largest absolute Gasteiger partial charge is 0.488 e. The number of nitrogens with one attached hydrogen (secondary N) is 2. The molecule has 5 nitrogen and oxygen atoms in total. The third kappa shape index (κ3) is 6.23. The molecule has 0 bridgehead atoms. The molecule has 2 fully saturated rings. The number of nitrogens with zero attached hydrogens (tertiary/aromatic N) is 1. The molecule has 0 atom stereocenters. The second-order valence-electron chi connectivity index (χ2n) is 8.68. The Balaban J connectivity index is 1.22. The highest BCUT2D eigenvalue weighted by molar-refractivity contribution is 5.94. The zero-order valence-corrected chi connectivity index (χ0v) is 18.4. The Hall–Kier alpha value is -2.53. The van der Waals surface area contributed by atoms with E-state index in [0.29, 0.717) is 6.10 Å². The molecule has 5 heteroatoms. The molecule has 0 radical (unpaired) electrons. The monoisotopic (exact) mass is 421 g/mol. The van der Waals surface area contributed by atoms with E-state index in [-0.39, 0.29) is 5.91 Å². The van der Waals surface area contributed by atoms with Crippen molar-refractivity contribution in [3.05, 3.63) is 59.7 Å². The Bertz CT molecular complexity index is 842. The molecule has 4 rings (SSSR count). The molecule has 2 aromatic rings. The van der Waals surface area contributed by atoms with E-state index < -0.39 is 0 Å². The van der Waals surface area contributed by atoms with Gasteiger partial charge in [-0.2, -0.15) is 0 Å². The van der Waals surface area contributed by atoms with Crippen molar-refractivity contribution < 1.29 is 9.53 Å². The molecular formula is C26H35N3O2. The van der Waals surface area contributed by atoms with Crippen LogP contribution in [0, 0.1) is 0 Å². The van der Waals surface area contributed by atoms with Gasteiger partial charge in [0.25, 0.3) is 5.91 Å². The van der Waals surface area contributed by atoms with Crippen LogP contribution in [0.2, 0.25) is 0 Å². The van der Waals surface area contributed by atoms with Crippen molar-refractivity contribution in [3.63, 3.8) is 0 Å². The quantitative estimate of drug-likeness (QED) is 0.569. The van der Waals surface area contributed by atoms with Gasteiger partial charge in [0, 0.05) is 38.3 Å². The number of carbonyl (C=O) groups excluding carboxylic acids is 1. The summed E-state index contributed by atoms with van der Waals surface area (Å²) in [6, 6.07) is 16.2. The summed E-state index contributed by atoms with van der Waals surface area (Å²) in [5, 5.41) is 6.98. The van der Waals surface area contributed by atoms with E-state index in [9.17, 15) is 4.79 Å². The molecule has 0 spiro atoms. The van der Waals surface area contributed by atoms with Crippen LogP contribution < -0.4 is 15.4 Å². The number of likely N-dealkylation sites (tertiary alicyclic amines) is 1. The van der Waals surface area contributed by atoms with E-state index in [1.807, 2.05) is 35.2 Å². The molecule has 0 aromatic heterocycles. The van der Waals surface area contributed by atoms with Gasteiger partial charge in [0.15, 0.2) is 0 Å². The van der Waals surface area contributed by atoms with Gasteiger partial charge in [0.1, 0.15) is 5.75 Å². The van der Waals surface area contributed by atoms with Crippen LogP contribution in [0.5, 0.6) is 5.75 Å². The van der Waals surface area contributed by atoms with Crippen LogP contribution in [0.15, 0.2) is 48.5 Å². The predicted molar refractivity (Wildman–Crippen MR) is 126 cm³/mol. The molecule has 2 aromatic carbocycles. The molecule has 166 valence electrons. The Morgan fingerprint density at radius 2 is 1.74 bits per heavy atom. The first kappa shape index (κ1) is 21.7. The molecule has 2 N–H and O–H groups in total. The Morgan fingerprint density at radius 1 is 0.935 bits per heavy atom. The fourth-order valence-corrected chi connectivity index (χ4v) is 4.51. The minimum Gasteiger partial charge on any atom is -0.488 e. The number of ether oxygens (including phenoxy) is 1. The van der Waals surface area contributed by atoms with Crippen molar-refractivity contribution in [3.8, 4) is 5.75 Å².